The van der Waals surface area contributed by atoms with Gasteiger partial charge in [-0.1, -0.05) is 6.42 Å². The van der Waals surface area contributed by atoms with Gasteiger partial charge in [-0.15, -0.1) is 11.3 Å². The van der Waals surface area contributed by atoms with Crippen LogP contribution in [-0.2, 0) is 9.59 Å². The van der Waals surface area contributed by atoms with Crippen molar-refractivity contribution in [2.24, 2.45) is 11.8 Å². The molecule has 1 amide bonds. The molecule has 0 spiro atoms. The zero-order chi connectivity index (χ0) is 17.1. The molecule has 0 aliphatic heterocycles. The van der Waals surface area contributed by atoms with Crippen LogP contribution < -0.4 is 5.32 Å². The summed E-state index contributed by atoms with van der Waals surface area (Å²) >= 11 is 1.59. The number of carboxylic acid groups (broad SMARTS) is 1. The molecule has 0 saturated heterocycles. The van der Waals surface area contributed by atoms with E-state index in [1.165, 1.54) is 0 Å². The van der Waals surface area contributed by atoms with E-state index < -0.39 is 11.9 Å². The fraction of sp³-hybridized carbons (Fsp3) is 0.389. The fourth-order valence-corrected chi connectivity index (χ4v) is 3.88. The maximum atomic E-state index is 12.4. The maximum absolute atomic E-state index is 12.4. The Morgan fingerprint density at radius 1 is 1.21 bits per heavy atom. The van der Waals surface area contributed by atoms with E-state index in [-0.39, 0.29) is 11.8 Å². The van der Waals surface area contributed by atoms with Gasteiger partial charge in [-0.25, -0.2) is 4.98 Å². The zero-order valence-electron chi connectivity index (χ0n) is 13.5. The second kappa shape index (κ2) is 7.13. The number of benzene rings is 1. The molecule has 2 N–H and O–H groups in total. The molecule has 126 valence electrons. The summed E-state index contributed by atoms with van der Waals surface area (Å²) in [5, 5.41) is 15.0. The smallest absolute Gasteiger partial charge is 0.306 e. The lowest BCUT2D eigenvalue weighted by molar-refractivity contribution is -0.143. The van der Waals surface area contributed by atoms with Crippen molar-refractivity contribution in [1.29, 1.82) is 0 Å². The van der Waals surface area contributed by atoms with Crippen molar-refractivity contribution >= 4 is 28.9 Å². The van der Waals surface area contributed by atoms with Crippen LogP contribution in [-0.4, -0.2) is 22.0 Å². The predicted molar refractivity (Wildman–Crippen MR) is 94.0 cm³/mol. The summed E-state index contributed by atoms with van der Waals surface area (Å²) < 4.78 is 0. The van der Waals surface area contributed by atoms with Crippen LogP contribution in [0.4, 0.5) is 5.69 Å². The molecule has 24 heavy (non-hydrogen) atoms. The second-order valence-corrected chi connectivity index (χ2v) is 7.12. The summed E-state index contributed by atoms with van der Waals surface area (Å²) in [5.74, 6) is -1.50. The number of aryl methyl sites for hydroxylation is 1. The summed E-state index contributed by atoms with van der Waals surface area (Å²) in [6.45, 7) is 1.96. The van der Waals surface area contributed by atoms with Crippen molar-refractivity contribution in [3.05, 3.63) is 35.3 Å². The lowest BCUT2D eigenvalue weighted by Gasteiger charge is -2.25. The molecule has 5 nitrogen and oxygen atoms in total. The van der Waals surface area contributed by atoms with Crippen LogP contribution in [0, 0.1) is 18.8 Å². The summed E-state index contributed by atoms with van der Waals surface area (Å²) in [6.07, 6.45) is 2.64. The minimum atomic E-state index is -0.796. The number of carboxylic acids is 1. The first-order valence-electron chi connectivity index (χ1n) is 8.09. The second-order valence-electron chi connectivity index (χ2n) is 6.26. The Morgan fingerprint density at radius 2 is 1.92 bits per heavy atom. The summed E-state index contributed by atoms with van der Waals surface area (Å²) in [4.78, 5) is 27.9. The number of hydrogen-bond donors (Lipinski definition) is 2. The van der Waals surface area contributed by atoms with E-state index in [4.69, 9.17) is 5.11 Å². The molecule has 2 unspecified atom stereocenters. The molecule has 0 radical (unpaired) electrons. The molecule has 1 heterocycles. The molecule has 1 saturated carbocycles. The SMILES string of the molecule is Cc1csc(-c2ccc(NC(=O)C3CCCC(C(=O)O)C3)cc2)n1. The van der Waals surface area contributed by atoms with E-state index in [2.05, 4.69) is 10.3 Å². The van der Waals surface area contributed by atoms with Gasteiger partial charge in [0, 0.05) is 28.2 Å². The zero-order valence-corrected chi connectivity index (χ0v) is 14.3. The number of nitrogens with zero attached hydrogens (tertiary/aromatic N) is 1. The summed E-state index contributed by atoms with van der Waals surface area (Å²) in [5.41, 5.74) is 2.75. The van der Waals surface area contributed by atoms with Crippen molar-refractivity contribution < 1.29 is 14.7 Å². The van der Waals surface area contributed by atoms with E-state index in [9.17, 15) is 9.59 Å². The average Bonchev–Trinajstić information content (AvgIpc) is 3.02. The monoisotopic (exact) mass is 344 g/mol. The van der Waals surface area contributed by atoms with Crippen molar-refractivity contribution in [3.63, 3.8) is 0 Å². The normalized spacial score (nSPS) is 20.5. The van der Waals surface area contributed by atoms with Crippen molar-refractivity contribution in [2.75, 3.05) is 5.32 Å². The van der Waals surface area contributed by atoms with Gasteiger partial charge in [-0.3, -0.25) is 9.59 Å². The van der Waals surface area contributed by atoms with Crippen molar-refractivity contribution in [3.8, 4) is 10.6 Å². The molecule has 1 aliphatic rings. The summed E-state index contributed by atoms with van der Waals surface area (Å²) in [7, 11) is 0. The van der Waals surface area contributed by atoms with E-state index in [1.807, 2.05) is 36.6 Å². The topological polar surface area (TPSA) is 79.3 Å². The van der Waals surface area contributed by atoms with Crippen LogP contribution in [0.2, 0.25) is 0 Å². The van der Waals surface area contributed by atoms with Crippen LogP contribution in [0.25, 0.3) is 10.6 Å². The van der Waals surface area contributed by atoms with Crippen molar-refractivity contribution in [1.82, 2.24) is 4.98 Å². The van der Waals surface area contributed by atoms with E-state index in [0.717, 1.165) is 34.8 Å². The largest absolute Gasteiger partial charge is 0.481 e. The molecular formula is C18H20N2O3S. The molecule has 1 aromatic heterocycles. The van der Waals surface area contributed by atoms with Gasteiger partial charge in [0.05, 0.1) is 5.92 Å². The number of aromatic nitrogens is 1. The third kappa shape index (κ3) is 3.82. The quantitative estimate of drug-likeness (QED) is 0.880. The van der Waals surface area contributed by atoms with Gasteiger partial charge in [0.25, 0.3) is 0 Å². The van der Waals surface area contributed by atoms with E-state index >= 15 is 0 Å². The Labute approximate surface area is 144 Å². The van der Waals surface area contributed by atoms with Crippen molar-refractivity contribution in [2.45, 2.75) is 32.6 Å². The number of anilines is 1. The summed E-state index contributed by atoms with van der Waals surface area (Å²) in [6, 6.07) is 7.60. The highest BCUT2D eigenvalue weighted by Gasteiger charge is 2.30. The average molecular weight is 344 g/mol. The number of nitrogens with one attached hydrogen (secondary N) is 1. The van der Waals surface area contributed by atoms with Gasteiger partial charge < -0.3 is 10.4 Å². The van der Waals surface area contributed by atoms with Gasteiger partial charge >= 0.3 is 5.97 Å². The minimum Gasteiger partial charge on any atom is -0.481 e. The van der Waals surface area contributed by atoms with Gasteiger partial charge in [0.1, 0.15) is 5.01 Å². The van der Waals surface area contributed by atoms with Gasteiger partial charge in [0.15, 0.2) is 0 Å². The highest BCUT2D eigenvalue weighted by molar-refractivity contribution is 7.13. The number of thiazole rings is 1. The highest BCUT2D eigenvalue weighted by atomic mass is 32.1. The highest BCUT2D eigenvalue weighted by Crippen LogP contribution is 2.30. The van der Waals surface area contributed by atoms with Crippen LogP contribution >= 0.6 is 11.3 Å². The lowest BCUT2D eigenvalue weighted by atomic mass is 9.81. The molecule has 6 heteroatoms. The third-order valence-corrected chi connectivity index (χ3v) is 5.42. The Morgan fingerprint density at radius 3 is 2.54 bits per heavy atom. The van der Waals surface area contributed by atoms with Gasteiger partial charge in [-0.05, 0) is 50.5 Å². The first kappa shape index (κ1) is 16.6. The Hall–Kier alpha value is -2.21. The van der Waals surface area contributed by atoms with Crippen LogP contribution in [0.15, 0.2) is 29.6 Å². The maximum Gasteiger partial charge on any atom is 0.306 e. The van der Waals surface area contributed by atoms with E-state index in [1.54, 1.807) is 11.3 Å². The third-order valence-electron chi connectivity index (χ3n) is 4.41. The predicted octanol–water partition coefficient (Wildman–Crippen LogP) is 3.95. The molecular weight excluding hydrogens is 324 g/mol. The lowest BCUT2D eigenvalue weighted by Crippen LogP contribution is -2.30. The number of amides is 1. The Kier molecular flexibility index (Phi) is 4.94. The molecule has 0 bridgehead atoms. The standard InChI is InChI=1S/C18H20N2O3S/c1-11-10-24-17(19-11)12-5-7-15(8-6-12)20-16(21)13-3-2-4-14(9-13)18(22)23/h5-8,10,13-14H,2-4,9H2,1H3,(H,20,21)(H,22,23). The molecule has 1 aromatic carbocycles. The first-order valence-corrected chi connectivity index (χ1v) is 8.97. The number of carbonyl (C=O) groups is 2. The number of rotatable bonds is 4. The number of aliphatic carboxylic acids is 1. The van der Waals surface area contributed by atoms with Crippen LogP contribution in [0.5, 0.6) is 0 Å². The Bertz CT molecular complexity index is 739. The van der Waals surface area contributed by atoms with Crippen LogP contribution in [0.3, 0.4) is 0 Å². The minimum absolute atomic E-state index is 0.0845. The molecule has 3 rings (SSSR count). The molecule has 1 aliphatic carbocycles. The number of hydrogen-bond acceptors (Lipinski definition) is 4. The molecule has 2 aromatic rings. The van der Waals surface area contributed by atoms with Gasteiger partial charge in [0.2, 0.25) is 5.91 Å². The van der Waals surface area contributed by atoms with Crippen LogP contribution in [0.1, 0.15) is 31.4 Å². The number of carbonyl (C=O) groups excluding carboxylic acids is 1. The van der Waals surface area contributed by atoms with E-state index in [0.29, 0.717) is 12.8 Å². The fourth-order valence-electron chi connectivity index (χ4n) is 3.08. The molecule has 1 fully saturated rings. The first-order chi connectivity index (χ1) is 11.5. The van der Waals surface area contributed by atoms with Gasteiger partial charge in [-0.2, -0.15) is 0 Å². The Balaban J connectivity index is 1.63. The molecule has 2 atom stereocenters.